The molecule has 2 saturated heterocycles. The monoisotopic (exact) mass is 330 g/mol. The highest BCUT2D eigenvalue weighted by molar-refractivity contribution is 7.91. The molecule has 2 rings (SSSR count). The molecular formula is C15H30N4O2S. The van der Waals surface area contributed by atoms with Gasteiger partial charge in [-0.25, -0.2) is 8.42 Å². The Kier molecular flexibility index (Phi) is 6.95. The molecule has 0 spiro atoms. The smallest absolute Gasteiger partial charge is 0.191 e. The van der Waals surface area contributed by atoms with Crippen LogP contribution in [0.4, 0.5) is 0 Å². The largest absolute Gasteiger partial charge is 0.356 e. The molecule has 1 atom stereocenters. The second-order valence-electron chi connectivity index (χ2n) is 6.35. The van der Waals surface area contributed by atoms with Crippen molar-refractivity contribution >= 4 is 15.8 Å². The van der Waals surface area contributed by atoms with Gasteiger partial charge in [0.05, 0.1) is 11.5 Å². The highest BCUT2D eigenvalue weighted by Crippen LogP contribution is 2.11. The first-order valence-electron chi connectivity index (χ1n) is 8.49. The van der Waals surface area contributed by atoms with Gasteiger partial charge in [-0.1, -0.05) is 12.8 Å². The Morgan fingerprint density at radius 2 is 1.95 bits per heavy atom. The second kappa shape index (κ2) is 8.72. The number of rotatable bonds is 5. The van der Waals surface area contributed by atoms with Gasteiger partial charge in [0.25, 0.3) is 0 Å². The van der Waals surface area contributed by atoms with Crippen LogP contribution in [0.1, 0.15) is 38.5 Å². The summed E-state index contributed by atoms with van der Waals surface area (Å²) in [5.74, 6) is 1.23. The van der Waals surface area contributed by atoms with Crippen LogP contribution in [-0.2, 0) is 9.84 Å². The number of guanidine groups is 1. The Morgan fingerprint density at radius 3 is 2.55 bits per heavy atom. The topological polar surface area (TPSA) is 73.8 Å². The van der Waals surface area contributed by atoms with Crippen molar-refractivity contribution in [3.8, 4) is 0 Å². The van der Waals surface area contributed by atoms with Crippen molar-refractivity contribution < 1.29 is 8.42 Å². The van der Waals surface area contributed by atoms with Gasteiger partial charge < -0.3 is 15.5 Å². The van der Waals surface area contributed by atoms with E-state index in [0.717, 1.165) is 25.5 Å². The molecule has 2 fully saturated rings. The molecular weight excluding hydrogens is 300 g/mol. The van der Waals surface area contributed by atoms with Gasteiger partial charge in [0.1, 0.15) is 0 Å². The number of nitrogens with zero attached hydrogens (tertiary/aromatic N) is 2. The minimum absolute atomic E-state index is 0.00167. The fourth-order valence-corrected chi connectivity index (χ4v) is 4.84. The average molecular weight is 330 g/mol. The van der Waals surface area contributed by atoms with E-state index in [4.69, 9.17) is 0 Å². The lowest BCUT2D eigenvalue weighted by molar-refractivity contribution is 0.282. The van der Waals surface area contributed by atoms with Crippen LogP contribution >= 0.6 is 0 Å². The maximum absolute atomic E-state index is 11.5. The van der Waals surface area contributed by atoms with E-state index in [-0.39, 0.29) is 17.5 Å². The lowest BCUT2D eigenvalue weighted by Crippen LogP contribution is -2.44. The summed E-state index contributed by atoms with van der Waals surface area (Å²) in [4.78, 5) is 6.73. The zero-order chi connectivity index (χ0) is 15.8. The Labute approximate surface area is 134 Å². The van der Waals surface area contributed by atoms with E-state index in [1.165, 1.54) is 38.8 Å². The number of hydrogen-bond acceptors (Lipinski definition) is 4. The fourth-order valence-electron chi connectivity index (χ4n) is 3.17. The zero-order valence-electron chi connectivity index (χ0n) is 13.7. The molecule has 2 aliphatic rings. The maximum atomic E-state index is 11.5. The molecule has 0 aromatic rings. The number of aliphatic imine (C=N–C) groups is 1. The molecule has 0 saturated carbocycles. The van der Waals surface area contributed by atoms with E-state index < -0.39 is 9.84 Å². The summed E-state index contributed by atoms with van der Waals surface area (Å²) in [6.07, 6.45) is 7.16. The molecule has 128 valence electrons. The molecule has 2 heterocycles. The molecule has 0 amide bonds. The van der Waals surface area contributed by atoms with Crippen LogP contribution < -0.4 is 10.6 Å². The molecule has 0 aliphatic carbocycles. The van der Waals surface area contributed by atoms with E-state index in [1.54, 1.807) is 7.05 Å². The van der Waals surface area contributed by atoms with Crippen LogP contribution in [0.15, 0.2) is 4.99 Å². The van der Waals surface area contributed by atoms with Crippen LogP contribution in [0, 0.1) is 0 Å². The van der Waals surface area contributed by atoms with Gasteiger partial charge in [-0.15, -0.1) is 0 Å². The Morgan fingerprint density at radius 1 is 1.23 bits per heavy atom. The maximum Gasteiger partial charge on any atom is 0.191 e. The summed E-state index contributed by atoms with van der Waals surface area (Å²) in [7, 11) is -1.11. The van der Waals surface area contributed by atoms with Gasteiger partial charge >= 0.3 is 0 Å². The van der Waals surface area contributed by atoms with Gasteiger partial charge in [-0.3, -0.25) is 4.99 Å². The van der Waals surface area contributed by atoms with Crippen molar-refractivity contribution in [3.63, 3.8) is 0 Å². The lowest BCUT2D eigenvalue weighted by atomic mass is 10.2. The average Bonchev–Trinajstić information content (AvgIpc) is 2.68. The van der Waals surface area contributed by atoms with Crippen LogP contribution in [0.25, 0.3) is 0 Å². The first kappa shape index (κ1) is 17.5. The standard InChI is InChI=1S/C15H30N4O2S/c1-16-15(18-14-7-12-22(20,21)13-14)17-8-6-11-19-9-4-2-3-5-10-19/h14H,2-13H2,1H3,(H2,16,17,18). The number of sulfone groups is 1. The van der Waals surface area contributed by atoms with Crippen molar-refractivity contribution in [3.05, 3.63) is 0 Å². The molecule has 1 unspecified atom stereocenters. The molecule has 0 radical (unpaired) electrons. The van der Waals surface area contributed by atoms with Gasteiger partial charge in [0.2, 0.25) is 0 Å². The van der Waals surface area contributed by atoms with Crippen molar-refractivity contribution in [2.75, 3.05) is 44.7 Å². The Balaban J connectivity index is 1.62. The SMILES string of the molecule is CN=C(NCCCN1CCCCCC1)NC1CCS(=O)(=O)C1. The van der Waals surface area contributed by atoms with Crippen molar-refractivity contribution in [2.45, 2.75) is 44.6 Å². The van der Waals surface area contributed by atoms with Gasteiger partial charge in [0, 0.05) is 19.6 Å². The lowest BCUT2D eigenvalue weighted by Gasteiger charge is -2.20. The van der Waals surface area contributed by atoms with Crippen LogP contribution in [0.2, 0.25) is 0 Å². The van der Waals surface area contributed by atoms with E-state index >= 15 is 0 Å². The molecule has 2 N–H and O–H groups in total. The van der Waals surface area contributed by atoms with Crippen molar-refractivity contribution in [2.24, 2.45) is 4.99 Å². The van der Waals surface area contributed by atoms with E-state index in [9.17, 15) is 8.42 Å². The molecule has 0 aromatic carbocycles. The number of nitrogens with one attached hydrogen (secondary N) is 2. The minimum atomic E-state index is -2.84. The van der Waals surface area contributed by atoms with Crippen LogP contribution in [0.3, 0.4) is 0 Å². The van der Waals surface area contributed by atoms with Gasteiger partial charge in [-0.05, 0) is 45.3 Å². The molecule has 7 heteroatoms. The highest BCUT2D eigenvalue weighted by Gasteiger charge is 2.28. The van der Waals surface area contributed by atoms with E-state index in [2.05, 4.69) is 20.5 Å². The molecule has 0 aromatic heterocycles. The quantitative estimate of drug-likeness (QED) is 0.439. The van der Waals surface area contributed by atoms with Gasteiger partial charge in [-0.2, -0.15) is 0 Å². The first-order valence-corrected chi connectivity index (χ1v) is 10.3. The third-order valence-corrected chi connectivity index (χ3v) is 6.21. The normalized spacial score (nSPS) is 26.6. The number of likely N-dealkylation sites (tertiary alicyclic amines) is 1. The minimum Gasteiger partial charge on any atom is -0.356 e. The summed E-state index contributed by atoms with van der Waals surface area (Å²) in [5.41, 5.74) is 0. The fraction of sp³-hybridized carbons (Fsp3) is 0.933. The summed E-state index contributed by atoms with van der Waals surface area (Å²) < 4.78 is 22.9. The van der Waals surface area contributed by atoms with Gasteiger partial charge in [0.15, 0.2) is 15.8 Å². The zero-order valence-corrected chi connectivity index (χ0v) is 14.5. The van der Waals surface area contributed by atoms with E-state index in [0.29, 0.717) is 6.42 Å². The molecule has 22 heavy (non-hydrogen) atoms. The predicted molar refractivity (Wildman–Crippen MR) is 91.1 cm³/mol. The van der Waals surface area contributed by atoms with Crippen molar-refractivity contribution in [1.82, 2.24) is 15.5 Å². The summed E-state index contributed by atoms with van der Waals surface area (Å²) in [6.45, 7) is 4.46. The summed E-state index contributed by atoms with van der Waals surface area (Å²) >= 11 is 0. The second-order valence-corrected chi connectivity index (χ2v) is 8.58. The van der Waals surface area contributed by atoms with Crippen LogP contribution in [0.5, 0.6) is 0 Å². The van der Waals surface area contributed by atoms with E-state index in [1.807, 2.05) is 0 Å². The molecule has 6 nitrogen and oxygen atoms in total. The Hall–Kier alpha value is -0.820. The first-order chi connectivity index (χ1) is 10.6. The molecule has 0 bridgehead atoms. The molecule has 2 aliphatic heterocycles. The summed E-state index contributed by atoms with van der Waals surface area (Å²) in [5, 5.41) is 6.51. The number of hydrogen-bond donors (Lipinski definition) is 2. The predicted octanol–water partition coefficient (Wildman–Crippen LogP) is 0.605. The van der Waals surface area contributed by atoms with Crippen molar-refractivity contribution in [1.29, 1.82) is 0 Å². The van der Waals surface area contributed by atoms with Crippen LogP contribution in [-0.4, -0.2) is 70.1 Å². The Bertz CT molecular complexity index is 456. The highest BCUT2D eigenvalue weighted by atomic mass is 32.2. The third-order valence-electron chi connectivity index (χ3n) is 4.44. The third kappa shape index (κ3) is 6.12. The summed E-state index contributed by atoms with van der Waals surface area (Å²) in [6, 6.07) is 0.00167.